The molecule has 0 aromatic carbocycles. The minimum Gasteiger partial charge on any atom is -0.0873 e. The number of hydrogen-bond acceptors (Lipinski definition) is 0. The maximum atomic E-state index is 2.43. The van der Waals surface area contributed by atoms with E-state index in [0.29, 0.717) is 0 Å². The van der Waals surface area contributed by atoms with Crippen molar-refractivity contribution in [2.75, 3.05) is 0 Å². The summed E-state index contributed by atoms with van der Waals surface area (Å²) in [6.07, 6.45) is 29.9. The van der Waals surface area contributed by atoms with Gasteiger partial charge in [0.2, 0.25) is 0 Å². The van der Waals surface area contributed by atoms with Crippen LogP contribution in [-0.4, -0.2) is 0 Å². The van der Waals surface area contributed by atoms with Crippen molar-refractivity contribution in [3.05, 3.63) is 70.9 Å². The van der Waals surface area contributed by atoms with Crippen molar-refractivity contribution in [2.45, 2.75) is 51.4 Å². The molecule has 0 heterocycles. The van der Waals surface area contributed by atoms with E-state index in [-0.39, 0.29) is 0 Å². The Bertz CT molecular complexity index is 706. The lowest BCUT2D eigenvalue weighted by Crippen LogP contribution is -2.11. The first-order valence-electron chi connectivity index (χ1n) is 10.0. The van der Waals surface area contributed by atoms with Gasteiger partial charge in [0.1, 0.15) is 0 Å². The highest BCUT2D eigenvalue weighted by atomic mass is 14.4. The van der Waals surface area contributed by atoms with Gasteiger partial charge in [-0.2, -0.15) is 0 Å². The van der Waals surface area contributed by atoms with Crippen LogP contribution in [0, 0.1) is 23.7 Å². The largest absolute Gasteiger partial charge is 0.0873 e. The van der Waals surface area contributed by atoms with E-state index in [9.17, 15) is 0 Å². The number of allylic oxidation sites excluding steroid dienone is 12. The van der Waals surface area contributed by atoms with Crippen LogP contribution in [0.25, 0.3) is 0 Å². The number of fused-ring (bicyclic) bond motifs is 4. The Labute approximate surface area is 146 Å². The predicted octanol–water partition coefficient (Wildman–Crippen LogP) is 6.46. The molecule has 0 N–H and O–H groups in total. The van der Waals surface area contributed by atoms with Gasteiger partial charge in [0.05, 0.1) is 0 Å². The van der Waals surface area contributed by atoms with E-state index >= 15 is 0 Å². The molecule has 0 aliphatic heterocycles. The van der Waals surface area contributed by atoms with Crippen LogP contribution in [0.4, 0.5) is 0 Å². The van der Waals surface area contributed by atoms with E-state index < -0.39 is 0 Å². The molecular formula is C24H28. The van der Waals surface area contributed by atoms with E-state index in [2.05, 4.69) is 48.6 Å². The second kappa shape index (κ2) is 6.06. The van der Waals surface area contributed by atoms with Gasteiger partial charge in [0, 0.05) is 11.8 Å². The summed E-state index contributed by atoms with van der Waals surface area (Å²) in [6, 6.07) is 0. The lowest BCUT2D eigenvalue weighted by atomic mass is 9.82. The van der Waals surface area contributed by atoms with E-state index in [0.717, 1.165) is 23.7 Å². The van der Waals surface area contributed by atoms with Crippen molar-refractivity contribution in [3.63, 3.8) is 0 Å². The number of rotatable bonds is 0. The van der Waals surface area contributed by atoms with Gasteiger partial charge in [-0.25, -0.2) is 0 Å². The second-order valence-corrected chi connectivity index (χ2v) is 8.23. The topological polar surface area (TPSA) is 0 Å². The van der Waals surface area contributed by atoms with Crippen molar-refractivity contribution < 1.29 is 0 Å². The molecule has 0 bridgehead atoms. The van der Waals surface area contributed by atoms with Gasteiger partial charge in [-0.15, -0.1) is 0 Å². The molecule has 0 spiro atoms. The van der Waals surface area contributed by atoms with Crippen LogP contribution < -0.4 is 0 Å². The lowest BCUT2D eigenvalue weighted by molar-refractivity contribution is 0.545. The summed E-state index contributed by atoms with van der Waals surface area (Å²) < 4.78 is 0. The Morgan fingerprint density at radius 2 is 1.42 bits per heavy atom. The minimum absolute atomic E-state index is 0.752. The molecule has 0 radical (unpaired) electrons. The Kier molecular flexibility index (Phi) is 3.73. The zero-order chi connectivity index (χ0) is 15.9. The van der Waals surface area contributed by atoms with Gasteiger partial charge in [-0.1, -0.05) is 59.8 Å². The molecular weight excluding hydrogens is 288 g/mol. The van der Waals surface area contributed by atoms with Crippen LogP contribution in [0.1, 0.15) is 51.4 Å². The Hall–Kier alpha value is -1.56. The highest BCUT2D eigenvalue weighted by Gasteiger charge is 2.31. The predicted molar refractivity (Wildman–Crippen MR) is 102 cm³/mol. The summed E-state index contributed by atoms with van der Waals surface area (Å²) in [5.74, 6) is 3.24. The number of hydrogen-bond donors (Lipinski definition) is 0. The SMILES string of the molecule is C1=CC2C3=C(C=CC2C1)CCC3.C1=CC2C=CC3=C(CCC3)C2C1. The first-order valence-corrected chi connectivity index (χ1v) is 10.0. The fraction of sp³-hybridized carbons (Fsp3) is 0.500. The normalized spacial score (nSPS) is 37.3. The standard InChI is InChI=1S/2C12H14/c2*1-3-9-7-8-10-4-2-6-12(10)11(9)5-1/h1,5,7-9,11H,2-4,6H2;1,3,7-9,11H,2,4-6H2. The van der Waals surface area contributed by atoms with Crippen LogP contribution in [0.2, 0.25) is 0 Å². The minimum atomic E-state index is 0.752. The molecule has 0 saturated heterocycles. The van der Waals surface area contributed by atoms with E-state index in [4.69, 9.17) is 0 Å². The molecule has 4 unspecified atom stereocenters. The smallest absolute Gasteiger partial charge is 0.00485 e. The van der Waals surface area contributed by atoms with Crippen molar-refractivity contribution in [2.24, 2.45) is 23.7 Å². The Balaban J connectivity index is 0.000000109. The third-order valence-corrected chi connectivity index (χ3v) is 6.95. The fourth-order valence-corrected chi connectivity index (χ4v) is 5.72. The van der Waals surface area contributed by atoms with Gasteiger partial charge in [0.15, 0.2) is 0 Å². The van der Waals surface area contributed by atoms with E-state index in [1.807, 2.05) is 0 Å². The summed E-state index contributed by atoms with van der Waals surface area (Å²) in [7, 11) is 0. The Morgan fingerprint density at radius 3 is 2.33 bits per heavy atom. The van der Waals surface area contributed by atoms with E-state index in [1.165, 1.54) is 51.4 Å². The molecule has 0 aromatic rings. The Morgan fingerprint density at radius 1 is 0.667 bits per heavy atom. The molecule has 0 saturated carbocycles. The van der Waals surface area contributed by atoms with Crippen LogP contribution in [0.5, 0.6) is 0 Å². The fourth-order valence-electron chi connectivity index (χ4n) is 5.72. The van der Waals surface area contributed by atoms with Gasteiger partial charge < -0.3 is 0 Å². The first kappa shape index (κ1) is 14.8. The second-order valence-electron chi connectivity index (χ2n) is 8.23. The molecule has 0 fully saturated rings. The molecule has 124 valence electrons. The average molecular weight is 316 g/mol. The molecule has 6 aliphatic carbocycles. The highest BCUT2D eigenvalue weighted by molar-refractivity contribution is 5.40. The first-order chi connectivity index (χ1) is 11.9. The molecule has 4 atom stereocenters. The van der Waals surface area contributed by atoms with Gasteiger partial charge >= 0.3 is 0 Å². The van der Waals surface area contributed by atoms with Crippen molar-refractivity contribution in [1.29, 1.82) is 0 Å². The quantitative estimate of drug-likeness (QED) is 0.450. The molecule has 6 aliphatic rings. The average Bonchev–Trinajstić information content (AvgIpc) is 3.40. The maximum absolute atomic E-state index is 2.43. The molecule has 0 amide bonds. The third kappa shape index (κ3) is 2.42. The van der Waals surface area contributed by atoms with Gasteiger partial charge in [-0.05, 0) is 74.3 Å². The van der Waals surface area contributed by atoms with Crippen molar-refractivity contribution in [3.8, 4) is 0 Å². The summed E-state index contributed by atoms with van der Waals surface area (Å²) in [5.41, 5.74) is 6.87. The third-order valence-electron chi connectivity index (χ3n) is 6.95. The lowest BCUT2D eigenvalue weighted by Gasteiger charge is -2.22. The zero-order valence-corrected chi connectivity index (χ0v) is 14.6. The summed E-state index contributed by atoms with van der Waals surface area (Å²) in [5, 5.41) is 0. The van der Waals surface area contributed by atoms with Crippen LogP contribution in [-0.2, 0) is 0 Å². The molecule has 0 aromatic heterocycles. The zero-order valence-electron chi connectivity index (χ0n) is 14.6. The van der Waals surface area contributed by atoms with Crippen molar-refractivity contribution in [1.82, 2.24) is 0 Å². The summed E-state index contributed by atoms with van der Waals surface area (Å²) >= 11 is 0. The van der Waals surface area contributed by atoms with Crippen LogP contribution >= 0.6 is 0 Å². The molecule has 0 heteroatoms. The molecule has 0 nitrogen and oxygen atoms in total. The maximum Gasteiger partial charge on any atom is 0.00485 e. The van der Waals surface area contributed by atoms with Gasteiger partial charge in [-0.3, -0.25) is 0 Å². The van der Waals surface area contributed by atoms with Gasteiger partial charge in [0.25, 0.3) is 0 Å². The molecule has 6 rings (SSSR count). The monoisotopic (exact) mass is 316 g/mol. The summed E-state index contributed by atoms with van der Waals surface area (Å²) in [4.78, 5) is 0. The van der Waals surface area contributed by atoms with Crippen LogP contribution in [0.3, 0.4) is 0 Å². The summed E-state index contributed by atoms with van der Waals surface area (Å²) in [6.45, 7) is 0. The van der Waals surface area contributed by atoms with Crippen molar-refractivity contribution >= 4 is 0 Å². The molecule has 24 heavy (non-hydrogen) atoms. The van der Waals surface area contributed by atoms with Crippen LogP contribution in [0.15, 0.2) is 70.9 Å². The van der Waals surface area contributed by atoms with E-state index in [1.54, 1.807) is 22.3 Å². The highest BCUT2D eigenvalue weighted by Crippen LogP contribution is 2.45.